The fourth-order valence-corrected chi connectivity index (χ4v) is 3.90. The van der Waals surface area contributed by atoms with Gasteiger partial charge in [-0.2, -0.15) is 0 Å². The number of ether oxygens (including phenoxy) is 1. The van der Waals surface area contributed by atoms with Gasteiger partial charge in [0.25, 0.3) is 0 Å². The molecule has 4 rings (SSSR count). The molecule has 0 bridgehead atoms. The molecule has 0 saturated carbocycles. The van der Waals surface area contributed by atoms with Gasteiger partial charge in [0.05, 0.1) is 5.02 Å². The zero-order valence-corrected chi connectivity index (χ0v) is 16.7. The molecule has 1 aliphatic carbocycles. The predicted octanol–water partition coefficient (Wildman–Crippen LogP) is 5.74. The molecule has 1 aliphatic rings. The largest absolute Gasteiger partial charge is 0.506 e. The molecular formula is C24H19ClFNO3. The number of carbonyl (C=O) groups is 1. The van der Waals surface area contributed by atoms with Gasteiger partial charge in [0.15, 0.2) is 0 Å². The lowest BCUT2D eigenvalue weighted by Gasteiger charge is -2.14. The maximum atomic E-state index is 13.4. The third-order valence-corrected chi connectivity index (χ3v) is 5.35. The highest BCUT2D eigenvalue weighted by molar-refractivity contribution is 6.32. The Balaban J connectivity index is 1.35. The molecule has 0 aliphatic heterocycles. The van der Waals surface area contributed by atoms with Crippen molar-refractivity contribution in [3.63, 3.8) is 0 Å². The number of aromatic hydroxyl groups is 1. The van der Waals surface area contributed by atoms with Gasteiger partial charge >= 0.3 is 6.09 Å². The van der Waals surface area contributed by atoms with Crippen molar-refractivity contribution in [1.29, 1.82) is 0 Å². The van der Waals surface area contributed by atoms with Crippen LogP contribution in [0.3, 0.4) is 0 Å². The number of carbonyl (C=O) groups excluding carboxylic acids is 1. The minimum absolute atomic E-state index is 0.00919. The van der Waals surface area contributed by atoms with E-state index in [0.717, 1.165) is 23.3 Å². The highest BCUT2D eigenvalue weighted by Gasteiger charge is 2.28. The quantitative estimate of drug-likeness (QED) is 0.550. The molecule has 1 amide bonds. The second-order valence-electron chi connectivity index (χ2n) is 6.93. The third kappa shape index (κ3) is 4.02. The topological polar surface area (TPSA) is 58.6 Å². The molecule has 0 aromatic heterocycles. The Kier molecular flexibility index (Phi) is 5.72. The lowest BCUT2D eigenvalue weighted by molar-refractivity contribution is 0.144. The normalized spacial score (nSPS) is 12.6. The van der Waals surface area contributed by atoms with Gasteiger partial charge < -0.3 is 15.2 Å². The SMILES string of the molecule is O=C(NCC=Cc1cc(F)cc(Cl)c1O)OCC1c2ccccc2-c2ccccc21. The van der Waals surface area contributed by atoms with Crippen molar-refractivity contribution in [1.82, 2.24) is 5.32 Å². The number of alkyl carbamates (subject to hydrolysis) is 1. The third-order valence-electron chi connectivity index (χ3n) is 5.06. The summed E-state index contributed by atoms with van der Waals surface area (Å²) in [7, 11) is 0. The molecule has 0 atom stereocenters. The molecule has 0 unspecified atom stereocenters. The van der Waals surface area contributed by atoms with Crippen molar-refractivity contribution in [2.75, 3.05) is 13.2 Å². The molecule has 4 nitrogen and oxygen atoms in total. The zero-order chi connectivity index (χ0) is 21.1. The number of phenols is 1. The lowest BCUT2D eigenvalue weighted by atomic mass is 9.98. The average Bonchev–Trinajstić information content (AvgIpc) is 3.07. The molecular weight excluding hydrogens is 405 g/mol. The van der Waals surface area contributed by atoms with Crippen molar-refractivity contribution in [2.45, 2.75) is 5.92 Å². The number of benzene rings is 3. The maximum absolute atomic E-state index is 13.4. The van der Waals surface area contributed by atoms with Crippen molar-refractivity contribution >= 4 is 23.8 Å². The van der Waals surface area contributed by atoms with E-state index in [-0.39, 0.29) is 35.4 Å². The molecule has 6 heteroatoms. The van der Waals surface area contributed by atoms with Crippen LogP contribution in [0.5, 0.6) is 5.75 Å². The Hall–Kier alpha value is -3.31. The lowest BCUT2D eigenvalue weighted by Crippen LogP contribution is -2.26. The Morgan fingerprint density at radius 1 is 1.10 bits per heavy atom. The van der Waals surface area contributed by atoms with Gasteiger partial charge in [0.2, 0.25) is 0 Å². The van der Waals surface area contributed by atoms with Gasteiger partial charge in [0, 0.05) is 18.0 Å². The Labute approximate surface area is 178 Å². The van der Waals surface area contributed by atoms with Crippen LogP contribution in [0, 0.1) is 5.82 Å². The standard InChI is InChI=1S/C24H19ClFNO3/c25-22-13-16(26)12-15(23(22)28)6-5-11-27-24(29)30-14-21-19-9-3-1-7-17(19)18-8-2-4-10-20(18)21/h1-10,12-13,21,28H,11,14H2,(H,27,29). The summed E-state index contributed by atoms with van der Waals surface area (Å²) < 4.78 is 18.8. The Morgan fingerprint density at radius 2 is 1.73 bits per heavy atom. The van der Waals surface area contributed by atoms with E-state index in [1.807, 2.05) is 24.3 Å². The van der Waals surface area contributed by atoms with Gasteiger partial charge in [-0.3, -0.25) is 0 Å². The van der Waals surface area contributed by atoms with E-state index in [2.05, 4.69) is 29.6 Å². The van der Waals surface area contributed by atoms with Crippen molar-refractivity contribution < 1.29 is 19.0 Å². The number of hydrogen-bond donors (Lipinski definition) is 2. The molecule has 0 heterocycles. The summed E-state index contributed by atoms with van der Waals surface area (Å²) in [6, 6.07) is 18.4. The maximum Gasteiger partial charge on any atom is 0.407 e. The van der Waals surface area contributed by atoms with E-state index in [9.17, 15) is 14.3 Å². The number of hydrogen-bond acceptors (Lipinski definition) is 3. The van der Waals surface area contributed by atoms with Crippen LogP contribution in [-0.4, -0.2) is 24.4 Å². The first kappa shape index (κ1) is 20.0. The summed E-state index contributed by atoms with van der Waals surface area (Å²) in [5.41, 5.74) is 4.85. The Morgan fingerprint density at radius 3 is 2.40 bits per heavy atom. The van der Waals surface area contributed by atoms with Gasteiger partial charge in [-0.15, -0.1) is 0 Å². The van der Waals surface area contributed by atoms with Gasteiger partial charge in [-0.25, -0.2) is 9.18 Å². The minimum Gasteiger partial charge on any atom is -0.506 e. The van der Waals surface area contributed by atoms with Crippen LogP contribution in [-0.2, 0) is 4.74 Å². The first-order chi connectivity index (χ1) is 14.5. The minimum atomic E-state index is -0.554. The molecule has 3 aromatic carbocycles. The molecule has 3 aromatic rings. The van der Waals surface area contributed by atoms with Crippen LogP contribution in [0.25, 0.3) is 17.2 Å². The molecule has 0 fully saturated rings. The predicted molar refractivity (Wildman–Crippen MR) is 115 cm³/mol. The molecule has 0 saturated heterocycles. The summed E-state index contributed by atoms with van der Waals surface area (Å²) in [6.07, 6.45) is 2.50. The first-order valence-corrected chi connectivity index (χ1v) is 9.86. The summed E-state index contributed by atoms with van der Waals surface area (Å²) in [5, 5.41) is 12.4. The number of nitrogens with one attached hydrogen (secondary N) is 1. The summed E-state index contributed by atoms with van der Waals surface area (Å²) >= 11 is 5.74. The van der Waals surface area contributed by atoms with Crippen molar-refractivity contribution in [3.05, 3.63) is 94.3 Å². The molecule has 152 valence electrons. The van der Waals surface area contributed by atoms with Gasteiger partial charge in [0.1, 0.15) is 18.2 Å². The van der Waals surface area contributed by atoms with Gasteiger partial charge in [-0.1, -0.05) is 72.3 Å². The highest BCUT2D eigenvalue weighted by Crippen LogP contribution is 2.44. The number of phenolic OH excluding ortho intramolecular Hbond substituents is 1. The van der Waals surface area contributed by atoms with Gasteiger partial charge in [-0.05, 0) is 34.4 Å². The second-order valence-corrected chi connectivity index (χ2v) is 7.34. The Bertz CT molecular complexity index is 1080. The summed E-state index contributed by atoms with van der Waals surface area (Å²) in [4.78, 5) is 12.1. The second kappa shape index (κ2) is 8.59. The van der Waals surface area contributed by atoms with Crippen molar-refractivity contribution in [3.8, 4) is 16.9 Å². The number of amides is 1. The molecule has 0 spiro atoms. The number of halogens is 2. The molecule has 30 heavy (non-hydrogen) atoms. The monoisotopic (exact) mass is 423 g/mol. The van der Waals surface area contributed by atoms with E-state index in [0.29, 0.717) is 0 Å². The van der Waals surface area contributed by atoms with E-state index in [1.165, 1.54) is 17.2 Å². The van der Waals surface area contributed by atoms with Crippen LogP contribution in [0.15, 0.2) is 66.7 Å². The van der Waals surface area contributed by atoms with Crippen LogP contribution in [0.4, 0.5) is 9.18 Å². The van der Waals surface area contributed by atoms with Crippen LogP contribution < -0.4 is 5.32 Å². The zero-order valence-electron chi connectivity index (χ0n) is 15.9. The van der Waals surface area contributed by atoms with Crippen LogP contribution in [0.1, 0.15) is 22.6 Å². The molecule has 2 N–H and O–H groups in total. The van der Waals surface area contributed by atoms with Crippen LogP contribution in [0.2, 0.25) is 5.02 Å². The van der Waals surface area contributed by atoms with E-state index in [1.54, 1.807) is 6.08 Å². The number of fused-ring (bicyclic) bond motifs is 3. The molecule has 0 radical (unpaired) electrons. The van der Waals surface area contributed by atoms with E-state index in [4.69, 9.17) is 16.3 Å². The smallest absolute Gasteiger partial charge is 0.407 e. The first-order valence-electron chi connectivity index (χ1n) is 9.48. The fourth-order valence-electron chi connectivity index (χ4n) is 3.69. The van der Waals surface area contributed by atoms with Crippen LogP contribution >= 0.6 is 11.6 Å². The van der Waals surface area contributed by atoms with Crippen molar-refractivity contribution in [2.24, 2.45) is 0 Å². The summed E-state index contributed by atoms with van der Waals surface area (Å²) in [6.45, 7) is 0.383. The van der Waals surface area contributed by atoms with E-state index >= 15 is 0 Å². The highest BCUT2D eigenvalue weighted by atomic mass is 35.5. The average molecular weight is 424 g/mol. The van der Waals surface area contributed by atoms with E-state index < -0.39 is 11.9 Å². The number of rotatable bonds is 5. The fraction of sp³-hybridized carbons (Fsp3) is 0.125. The summed E-state index contributed by atoms with van der Waals surface area (Å²) in [5.74, 6) is -0.775.